The molecular formula is C8H17N3O3. The number of hydrogen-bond acceptors (Lipinski definition) is 4. The molecule has 0 aromatic rings. The first-order valence-electron chi connectivity index (χ1n) is 4.39. The molecule has 6 nitrogen and oxygen atoms in total. The molecule has 0 aliphatic carbocycles. The number of ether oxygens (including phenoxy) is 1. The summed E-state index contributed by atoms with van der Waals surface area (Å²) in [6, 6.07) is -0.225. The fraction of sp³-hybridized carbons (Fsp3) is 0.750. The maximum Gasteiger partial charge on any atom is 0.407 e. The van der Waals surface area contributed by atoms with Crippen LogP contribution in [0.1, 0.15) is 27.2 Å². The number of amidine groups is 1. The highest BCUT2D eigenvalue weighted by Crippen LogP contribution is 1.94. The van der Waals surface area contributed by atoms with Crippen LogP contribution in [-0.2, 0) is 4.74 Å². The summed E-state index contributed by atoms with van der Waals surface area (Å²) in [4.78, 5) is 11.1. The summed E-state index contributed by atoms with van der Waals surface area (Å²) in [6.45, 7) is 5.25. The third-order valence-corrected chi connectivity index (χ3v) is 1.35. The topological polar surface area (TPSA) is 96.9 Å². The molecule has 0 aliphatic heterocycles. The van der Waals surface area contributed by atoms with E-state index < -0.39 is 6.09 Å². The molecule has 1 atom stereocenters. The molecule has 0 radical (unpaired) electrons. The van der Waals surface area contributed by atoms with E-state index in [9.17, 15) is 4.79 Å². The van der Waals surface area contributed by atoms with E-state index in [1.165, 1.54) is 0 Å². The molecule has 1 amide bonds. The Hall–Kier alpha value is -1.46. The standard InChI is InChI=1S/C8H17N3O3/c1-5(2)14-8(12)10-6(3)4-7(9)11-13/h5-6,13H,4H2,1-3H3,(H2,9,11)(H,10,12). The van der Waals surface area contributed by atoms with Crippen molar-refractivity contribution >= 4 is 11.9 Å². The van der Waals surface area contributed by atoms with Gasteiger partial charge in [-0.1, -0.05) is 5.16 Å². The van der Waals surface area contributed by atoms with Crippen LogP contribution in [-0.4, -0.2) is 29.3 Å². The number of nitrogens with one attached hydrogen (secondary N) is 1. The van der Waals surface area contributed by atoms with Gasteiger partial charge in [0.25, 0.3) is 0 Å². The number of rotatable bonds is 4. The fourth-order valence-electron chi connectivity index (χ4n) is 0.855. The molecule has 0 heterocycles. The third-order valence-electron chi connectivity index (χ3n) is 1.35. The minimum Gasteiger partial charge on any atom is -0.447 e. The maximum absolute atomic E-state index is 11.1. The number of nitrogens with two attached hydrogens (primary N) is 1. The van der Waals surface area contributed by atoms with Gasteiger partial charge in [-0.25, -0.2) is 4.79 Å². The Kier molecular flexibility index (Phi) is 5.43. The Morgan fingerprint density at radius 3 is 2.57 bits per heavy atom. The van der Waals surface area contributed by atoms with Crippen LogP contribution in [0.3, 0.4) is 0 Å². The third kappa shape index (κ3) is 6.10. The Bertz CT molecular complexity index is 216. The maximum atomic E-state index is 11.1. The number of oxime groups is 1. The van der Waals surface area contributed by atoms with Crippen molar-refractivity contribution in [1.82, 2.24) is 5.32 Å². The molecule has 4 N–H and O–H groups in total. The Morgan fingerprint density at radius 2 is 2.14 bits per heavy atom. The van der Waals surface area contributed by atoms with Gasteiger partial charge in [-0.3, -0.25) is 0 Å². The van der Waals surface area contributed by atoms with Crippen LogP contribution < -0.4 is 11.1 Å². The second-order valence-corrected chi connectivity index (χ2v) is 3.29. The molecule has 0 bridgehead atoms. The SMILES string of the molecule is CC(CC(N)=NO)NC(=O)OC(C)C. The van der Waals surface area contributed by atoms with Gasteiger partial charge < -0.3 is 21.0 Å². The van der Waals surface area contributed by atoms with E-state index in [2.05, 4.69) is 10.5 Å². The first kappa shape index (κ1) is 12.5. The monoisotopic (exact) mass is 203 g/mol. The highest BCUT2D eigenvalue weighted by atomic mass is 16.6. The second kappa shape index (κ2) is 6.06. The Labute approximate surface area is 83.1 Å². The van der Waals surface area contributed by atoms with Gasteiger partial charge in [0, 0.05) is 12.5 Å². The number of nitrogens with zero attached hydrogens (tertiary/aromatic N) is 1. The van der Waals surface area contributed by atoms with Gasteiger partial charge in [-0.15, -0.1) is 0 Å². The van der Waals surface area contributed by atoms with Crippen molar-refractivity contribution in [2.75, 3.05) is 0 Å². The average molecular weight is 203 g/mol. The van der Waals surface area contributed by atoms with E-state index in [0.29, 0.717) is 0 Å². The van der Waals surface area contributed by atoms with Crippen LogP contribution in [0.15, 0.2) is 5.16 Å². The molecule has 0 aliphatic rings. The molecule has 0 saturated carbocycles. The molecule has 14 heavy (non-hydrogen) atoms. The van der Waals surface area contributed by atoms with Gasteiger partial charge in [0.1, 0.15) is 5.84 Å². The molecule has 0 rings (SSSR count). The summed E-state index contributed by atoms with van der Waals surface area (Å²) in [6.07, 6.45) is -0.381. The lowest BCUT2D eigenvalue weighted by Gasteiger charge is -2.14. The van der Waals surface area contributed by atoms with E-state index in [4.69, 9.17) is 15.7 Å². The van der Waals surface area contributed by atoms with Gasteiger partial charge in [0.15, 0.2) is 0 Å². The lowest BCUT2D eigenvalue weighted by molar-refractivity contribution is 0.113. The van der Waals surface area contributed by atoms with Crippen molar-refractivity contribution in [3.05, 3.63) is 0 Å². The first-order chi connectivity index (χ1) is 6.45. The summed E-state index contributed by atoms with van der Waals surface area (Å²) in [5.41, 5.74) is 5.26. The van der Waals surface area contributed by atoms with Crippen molar-refractivity contribution in [1.29, 1.82) is 0 Å². The van der Waals surface area contributed by atoms with Gasteiger partial charge in [-0.05, 0) is 20.8 Å². The molecule has 0 aromatic carbocycles. The molecule has 82 valence electrons. The van der Waals surface area contributed by atoms with E-state index in [1.807, 2.05) is 0 Å². The van der Waals surface area contributed by atoms with E-state index in [1.54, 1.807) is 20.8 Å². The molecular weight excluding hydrogens is 186 g/mol. The predicted molar refractivity (Wildman–Crippen MR) is 52.2 cm³/mol. The van der Waals surface area contributed by atoms with E-state index in [-0.39, 0.29) is 24.4 Å². The van der Waals surface area contributed by atoms with Gasteiger partial charge in [0.05, 0.1) is 6.10 Å². The number of alkyl carbamates (subject to hydrolysis) is 1. The summed E-state index contributed by atoms with van der Waals surface area (Å²) < 4.78 is 4.84. The lowest BCUT2D eigenvalue weighted by atomic mass is 10.2. The molecule has 0 spiro atoms. The molecule has 0 aromatic heterocycles. The van der Waals surface area contributed by atoms with Crippen molar-refractivity contribution in [2.45, 2.75) is 39.3 Å². The van der Waals surface area contributed by atoms with Crippen molar-refractivity contribution in [3.8, 4) is 0 Å². The highest BCUT2D eigenvalue weighted by molar-refractivity contribution is 5.80. The second-order valence-electron chi connectivity index (χ2n) is 3.29. The number of carbonyl (C=O) groups excluding carboxylic acids is 1. The molecule has 6 heteroatoms. The minimum absolute atomic E-state index is 0.0716. The molecule has 0 saturated heterocycles. The van der Waals surface area contributed by atoms with Crippen LogP contribution in [0.2, 0.25) is 0 Å². The highest BCUT2D eigenvalue weighted by Gasteiger charge is 2.10. The Morgan fingerprint density at radius 1 is 1.57 bits per heavy atom. The van der Waals surface area contributed by atoms with Crippen molar-refractivity contribution in [3.63, 3.8) is 0 Å². The van der Waals surface area contributed by atoms with Crippen LogP contribution in [0.5, 0.6) is 0 Å². The van der Waals surface area contributed by atoms with E-state index in [0.717, 1.165) is 0 Å². The smallest absolute Gasteiger partial charge is 0.407 e. The summed E-state index contributed by atoms with van der Waals surface area (Å²) in [5.74, 6) is 0.0716. The quantitative estimate of drug-likeness (QED) is 0.270. The first-order valence-corrected chi connectivity index (χ1v) is 4.39. The number of hydrogen-bond donors (Lipinski definition) is 3. The Balaban J connectivity index is 3.82. The van der Waals surface area contributed by atoms with Crippen LogP contribution in [0.25, 0.3) is 0 Å². The van der Waals surface area contributed by atoms with Crippen LogP contribution in [0.4, 0.5) is 4.79 Å². The largest absolute Gasteiger partial charge is 0.447 e. The zero-order valence-corrected chi connectivity index (χ0v) is 8.65. The summed E-state index contributed by atoms with van der Waals surface area (Å²) >= 11 is 0. The van der Waals surface area contributed by atoms with Crippen molar-refractivity contribution in [2.24, 2.45) is 10.9 Å². The fourth-order valence-corrected chi connectivity index (χ4v) is 0.855. The minimum atomic E-state index is -0.502. The van der Waals surface area contributed by atoms with Gasteiger partial charge >= 0.3 is 6.09 Å². The van der Waals surface area contributed by atoms with Crippen LogP contribution in [0, 0.1) is 0 Å². The summed E-state index contributed by atoms with van der Waals surface area (Å²) in [5, 5.41) is 13.6. The molecule has 0 fully saturated rings. The number of amides is 1. The van der Waals surface area contributed by atoms with Gasteiger partial charge in [-0.2, -0.15) is 0 Å². The van der Waals surface area contributed by atoms with E-state index >= 15 is 0 Å². The molecule has 1 unspecified atom stereocenters. The summed E-state index contributed by atoms with van der Waals surface area (Å²) in [7, 11) is 0. The van der Waals surface area contributed by atoms with Gasteiger partial charge in [0.2, 0.25) is 0 Å². The van der Waals surface area contributed by atoms with Crippen molar-refractivity contribution < 1.29 is 14.7 Å². The zero-order chi connectivity index (χ0) is 11.1. The average Bonchev–Trinajstić information content (AvgIpc) is 2.01. The normalized spacial score (nSPS) is 13.9. The zero-order valence-electron chi connectivity index (χ0n) is 8.65. The van der Waals surface area contributed by atoms with Crippen LogP contribution >= 0.6 is 0 Å². The predicted octanol–water partition coefficient (Wildman–Crippen LogP) is 0.646. The lowest BCUT2D eigenvalue weighted by Crippen LogP contribution is -2.37. The number of carbonyl (C=O) groups is 1.